The fourth-order valence-corrected chi connectivity index (χ4v) is 3.17. The molecular formula is C14H23N3O4. The largest absolute Gasteiger partial charge is 0.480 e. The average Bonchev–Trinajstić information content (AvgIpc) is 2.39. The van der Waals surface area contributed by atoms with Crippen molar-refractivity contribution in [2.24, 2.45) is 5.41 Å². The third kappa shape index (κ3) is 2.96. The van der Waals surface area contributed by atoms with Crippen LogP contribution in [-0.4, -0.2) is 77.0 Å². The van der Waals surface area contributed by atoms with Gasteiger partial charge in [0.25, 0.3) is 0 Å². The number of urea groups is 1. The van der Waals surface area contributed by atoms with Gasteiger partial charge in [0.15, 0.2) is 0 Å². The number of carboxylic acids is 1. The molecule has 0 radical (unpaired) electrons. The number of carbonyl (C=O) groups excluding carboxylic acids is 2. The van der Waals surface area contributed by atoms with E-state index in [4.69, 9.17) is 0 Å². The lowest BCUT2D eigenvalue weighted by atomic mass is 9.76. The van der Waals surface area contributed by atoms with E-state index in [9.17, 15) is 19.5 Å². The molecule has 21 heavy (non-hydrogen) atoms. The summed E-state index contributed by atoms with van der Waals surface area (Å²) in [7, 11) is 1.70. The van der Waals surface area contributed by atoms with Crippen molar-refractivity contribution in [1.29, 1.82) is 0 Å². The van der Waals surface area contributed by atoms with Crippen LogP contribution in [0, 0.1) is 5.41 Å². The first-order chi connectivity index (χ1) is 9.74. The van der Waals surface area contributed by atoms with Gasteiger partial charge in [-0.2, -0.15) is 0 Å². The maximum Gasteiger partial charge on any atom is 0.327 e. The zero-order valence-corrected chi connectivity index (χ0v) is 12.8. The van der Waals surface area contributed by atoms with Crippen molar-refractivity contribution < 1.29 is 19.5 Å². The molecule has 0 saturated carbocycles. The van der Waals surface area contributed by atoms with Crippen molar-refractivity contribution in [3.8, 4) is 0 Å². The number of hydrogen-bond donors (Lipinski definition) is 1. The van der Waals surface area contributed by atoms with Crippen molar-refractivity contribution in [3.05, 3.63) is 0 Å². The highest BCUT2D eigenvalue weighted by Crippen LogP contribution is 2.35. The van der Waals surface area contributed by atoms with Crippen LogP contribution in [-0.2, 0) is 9.59 Å². The van der Waals surface area contributed by atoms with Crippen LogP contribution in [0.3, 0.4) is 0 Å². The van der Waals surface area contributed by atoms with Crippen LogP contribution < -0.4 is 0 Å². The van der Waals surface area contributed by atoms with Gasteiger partial charge in [-0.25, -0.2) is 9.59 Å². The van der Waals surface area contributed by atoms with E-state index in [1.54, 1.807) is 11.9 Å². The predicted molar refractivity (Wildman–Crippen MR) is 75.8 cm³/mol. The Bertz CT molecular complexity index is 463. The van der Waals surface area contributed by atoms with Gasteiger partial charge < -0.3 is 19.8 Å². The van der Waals surface area contributed by atoms with Gasteiger partial charge in [0.05, 0.1) is 0 Å². The lowest BCUT2D eigenvalue weighted by Crippen LogP contribution is -2.62. The van der Waals surface area contributed by atoms with Crippen molar-refractivity contribution >= 4 is 17.9 Å². The number of likely N-dealkylation sites (tertiary alicyclic amines) is 1. The molecule has 2 heterocycles. The summed E-state index contributed by atoms with van der Waals surface area (Å²) < 4.78 is 0. The molecule has 0 spiro atoms. The molecule has 3 amide bonds. The number of amides is 3. The van der Waals surface area contributed by atoms with Gasteiger partial charge >= 0.3 is 12.0 Å². The monoisotopic (exact) mass is 297 g/mol. The molecule has 0 bridgehead atoms. The topological polar surface area (TPSA) is 81.2 Å². The van der Waals surface area contributed by atoms with E-state index in [0.29, 0.717) is 19.6 Å². The molecule has 0 aliphatic carbocycles. The molecule has 0 aromatic rings. The molecule has 1 unspecified atom stereocenters. The van der Waals surface area contributed by atoms with Gasteiger partial charge in [-0.05, 0) is 18.3 Å². The Morgan fingerprint density at radius 3 is 2.48 bits per heavy atom. The van der Waals surface area contributed by atoms with Gasteiger partial charge in [-0.1, -0.05) is 13.8 Å². The van der Waals surface area contributed by atoms with Crippen LogP contribution in [0.4, 0.5) is 4.79 Å². The lowest BCUT2D eigenvalue weighted by molar-refractivity contribution is -0.149. The minimum atomic E-state index is -0.978. The summed E-state index contributed by atoms with van der Waals surface area (Å²) in [5, 5.41) is 9.50. The molecule has 1 N–H and O–H groups in total. The minimum absolute atomic E-state index is 0.0264. The number of carboxylic acid groups (broad SMARTS) is 1. The Kier molecular flexibility index (Phi) is 4.11. The maximum absolute atomic E-state index is 12.6. The first-order valence-electron chi connectivity index (χ1n) is 7.26. The van der Waals surface area contributed by atoms with Crippen molar-refractivity contribution in [3.63, 3.8) is 0 Å². The zero-order valence-electron chi connectivity index (χ0n) is 12.8. The molecule has 2 aliphatic rings. The highest BCUT2D eigenvalue weighted by atomic mass is 16.4. The Morgan fingerprint density at radius 2 is 1.90 bits per heavy atom. The standard InChI is InChI=1S/C14H23N3O4/c1-14(2)5-4-6-17(11(14)12(19)20)13(21)16-8-7-15(3)10(18)9-16/h11H,4-9H2,1-3H3,(H,19,20). The van der Waals surface area contributed by atoms with Gasteiger partial charge in [-0.3, -0.25) is 4.79 Å². The van der Waals surface area contributed by atoms with E-state index >= 15 is 0 Å². The number of nitrogens with zero attached hydrogens (tertiary/aromatic N) is 3. The van der Waals surface area contributed by atoms with E-state index in [1.807, 2.05) is 13.8 Å². The van der Waals surface area contributed by atoms with Crippen LogP contribution in [0.1, 0.15) is 26.7 Å². The summed E-state index contributed by atoms with van der Waals surface area (Å²) in [6, 6.07) is -1.18. The molecule has 1 atom stereocenters. The minimum Gasteiger partial charge on any atom is -0.480 e. The fourth-order valence-electron chi connectivity index (χ4n) is 3.17. The molecule has 7 nitrogen and oxygen atoms in total. The summed E-state index contributed by atoms with van der Waals surface area (Å²) in [5.41, 5.74) is -0.462. The second-order valence-electron chi connectivity index (χ2n) is 6.55. The Hall–Kier alpha value is -1.79. The normalized spacial score (nSPS) is 26.0. The number of piperidine rings is 1. The van der Waals surface area contributed by atoms with Crippen molar-refractivity contribution in [2.75, 3.05) is 33.2 Å². The molecule has 0 aromatic heterocycles. The van der Waals surface area contributed by atoms with Crippen molar-refractivity contribution in [2.45, 2.75) is 32.7 Å². The number of aliphatic carboxylic acids is 1. The number of hydrogen-bond acceptors (Lipinski definition) is 3. The number of carbonyl (C=O) groups is 3. The van der Waals surface area contributed by atoms with Gasteiger partial charge in [-0.15, -0.1) is 0 Å². The molecule has 118 valence electrons. The second-order valence-corrected chi connectivity index (χ2v) is 6.55. The molecule has 7 heteroatoms. The molecule has 2 fully saturated rings. The van der Waals surface area contributed by atoms with Gasteiger partial charge in [0.1, 0.15) is 12.6 Å². The molecule has 2 aliphatic heterocycles. The van der Waals surface area contributed by atoms with E-state index < -0.39 is 17.4 Å². The highest BCUT2D eigenvalue weighted by molar-refractivity contribution is 5.88. The average molecular weight is 297 g/mol. The highest BCUT2D eigenvalue weighted by Gasteiger charge is 2.46. The third-order valence-corrected chi connectivity index (χ3v) is 4.48. The van der Waals surface area contributed by atoms with E-state index in [-0.39, 0.29) is 18.5 Å². The lowest BCUT2D eigenvalue weighted by Gasteiger charge is -2.46. The molecular weight excluding hydrogens is 274 g/mol. The van der Waals surface area contributed by atoms with E-state index in [2.05, 4.69) is 0 Å². The van der Waals surface area contributed by atoms with Gasteiger partial charge in [0.2, 0.25) is 5.91 Å². The Labute approximate surface area is 124 Å². The summed E-state index contributed by atoms with van der Waals surface area (Å²) in [5.74, 6) is -1.09. The zero-order chi connectivity index (χ0) is 15.8. The maximum atomic E-state index is 12.6. The number of piperazine rings is 1. The number of likely N-dealkylation sites (N-methyl/N-ethyl adjacent to an activating group) is 1. The Balaban J connectivity index is 2.17. The van der Waals surface area contributed by atoms with Crippen molar-refractivity contribution in [1.82, 2.24) is 14.7 Å². The quantitative estimate of drug-likeness (QED) is 0.762. The van der Waals surface area contributed by atoms with Crippen LogP contribution in [0.5, 0.6) is 0 Å². The molecule has 2 rings (SSSR count). The van der Waals surface area contributed by atoms with Crippen LogP contribution in [0.15, 0.2) is 0 Å². The van der Waals surface area contributed by atoms with E-state index in [1.165, 1.54) is 9.80 Å². The SMILES string of the molecule is CN1CCN(C(=O)N2CCCC(C)(C)C2C(=O)O)CC1=O. The Morgan fingerprint density at radius 1 is 1.24 bits per heavy atom. The van der Waals surface area contributed by atoms with Gasteiger partial charge in [0, 0.05) is 26.7 Å². The van der Waals surface area contributed by atoms with Crippen LogP contribution in [0.25, 0.3) is 0 Å². The third-order valence-electron chi connectivity index (χ3n) is 4.48. The summed E-state index contributed by atoms with van der Waals surface area (Å²) in [4.78, 5) is 40.4. The smallest absolute Gasteiger partial charge is 0.327 e. The molecule has 2 saturated heterocycles. The number of rotatable bonds is 1. The first-order valence-corrected chi connectivity index (χ1v) is 7.26. The van der Waals surface area contributed by atoms with E-state index in [0.717, 1.165) is 12.8 Å². The predicted octanol–water partition coefficient (Wildman–Crippen LogP) is 0.456. The second kappa shape index (κ2) is 5.54. The summed E-state index contributed by atoms with van der Waals surface area (Å²) in [6.07, 6.45) is 1.56. The van der Waals surface area contributed by atoms with Crippen LogP contribution in [0.2, 0.25) is 0 Å². The summed E-state index contributed by atoms with van der Waals surface area (Å²) in [6.45, 7) is 5.14. The molecule has 0 aromatic carbocycles. The summed E-state index contributed by atoms with van der Waals surface area (Å²) >= 11 is 0. The van der Waals surface area contributed by atoms with Crippen LogP contribution >= 0.6 is 0 Å². The fraction of sp³-hybridized carbons (Fsp3) is 0.786. The first kappa shape index (κ1) is 15.6.